The first-order valence-corrected chi connectivity index (χ1v) is 16.1. The molecule has 0 saturated carbocycles. The van der Waals surface area contributed by atoms with Gasteiger partial charge in [0, 0.05) is 50.1 Å². The van der Waals surface area contributed by atoms with Crippen LogP contribution in [0.15, 0.2) is 35.0 Å². The van der Waals surface area contributed by atoms with Gasteiger partial charge in [-0.3, -0.25) is 19.9 Å². The number of hydroxylamine groups is 2. The van der Waals surface area contributed by atoms with E-state index in [1.807, 2.05) is 12.1 Å². The van der Waals surface area contributed by atoms with Crippen LogP contribution in [0.2, 0.25) is 5.02 Å². The number of nitrogens with zero attached hydrogens (tertiary/aromatic N) is 6. The molecule has 11 nitrogen and oxygen atoms in total. The van der Waals surface area contributed by atoms with Crippen LogP contribution in [0.3, 0.4) is 0 Å². The van der Waals surface area contributed by atoms with Crippen molar-refractivity contribution in [2.75, 3.05) is 51.3 Å². The lowest BCUT2D eigenvalue weighted by molar-refractivity contribution is -0.154. The maximum atomic E-state index is 14.5. The van der Waals surface area contributed by atoms with E-state index in [9.17, 15) is 14.4 Å². The molecule has 240 valence electrons. The summed E-state index contributed by atoms with van der Waals surface area (Å²) in [5.41, 5.74) is 9.58. The van der Waals surface area contributed by atoms with E-state index in [0.717, 1.165) is 66.1 Å². The molecule has 2 saturated heterocycles. The molecule has 1 aromatic heterocycles. The highest BCUT2D eigenvalue weighted by Crippen LogP contribution is 2.49. The SMILES string of the molecule is CN(O)C(=O)C(N)=CC1=NCCCN(c2nc(OC[C@@]34CCCN3CC(F)C4)nc3c2CO[C@@]2(CCc4c(Cl)cccc42)C3)C1. The molecule has 45 heavy (non-hydrogen) atoms. The second-order valence-corrected chi connectivity index (χ2v) is 13.3. The van der Waals surface area contributed by atoms with Crippen LogP contribution in [-0.4, -0.2) is 94.8 Å². The molecule has 2 fully saturated rings. The van der Waals surface area contributed by atoms with Gasteiger partial charge in [-0.15, -0.1) is 0 Å². The lowest BCUT2D eigenvalue weighted by Crippen LogP contribution is -2.43. The van der Waals surface area contributed by atoms with Crippen molar-refractivity contribution in [3.63, 3.8) is 0 Å². The highest BCUT2D eigenvalue weighted by molar-refractivity contribution is 6.31. The molecule has 1 amide bonds. The number of ether oxygens (including phenoxy) is 2. The number of aromatic nitrogens is 2. The summed E-state index contributed by atoms with van der Waals surface area (Å²) in [5.74, 6) is -0.0149. The van der Waals surface area contributed by atoms with Crippen molar-refractivity contribution in [3.05, 3.63) is 57.4 Å². The first-order valence-electron chi connectivity index (χ1n) is 15.7. The number of rotatable bonds is 6. The molecule has 1 aliphatic carbocycles. The van der Waals surface area contributed by atoms with Crippen LogP contribution in [0.25, 0.3) is 0 Å². The van der Waals surface area contributed by atoms with E-state index in [1.165, 1.54) is 13.1 Å². The topological polar surface area (TPSA) is 130 Å². The maximum Gasteiger partial charge on any atom is 0.318 e. The summed E-state index contributed by atoms with van der Waals surface area (Å²) in [4.78, 5) is 31.1. The van der Waals surface area contributed by atoms with Gasteiger partial charge in [-0.25, -0.2) is 9.45 Å². The fraction of sp³-hybridized carbons (Fsp3) is 0.562. The predicted octanol–water partition coefficient (Wildman–Crippen LogP) is 3.34. The van der Waals surface area contributed by atoms with Crippen molar-refractivity contribution in [3.8, 4) is 6.01 Å². The molecular weight excluding hydrogens is 601 g/mol. The Morgan fingerprint density at radius 1 is 1.29 bits per heavy atom. The lowest BCUT2D eigenvalue weighted by Gasteiger charge is -2.37. The zero-order chi connectivity index (χ0) is 31.3. The van der Waals surface area contributed by atoms with Gasteiger partial charge in [0.1, 0.15) is 24.3 Å². The Labute approximate surface area is 266 Å². The van der Waals surface area contributed by atoms with Crippen LogP contribution in [0, 0.1) is 0 Å². The molecule has 4 aliphatic heterocycles. The number of fused-ring (bicyclic) bond motifs is 4. The minimum Gasteiger partial charge on any atom is -0.461 e. The van der Waals surface area contributed by atoms with E-state index < -0.39 is 17.7 Å². The Morgan fingerprint density at radius 3 is 3.00 bits per heavy atom. The standard InChI is InChI=1S/C32H39ClFN7O4/c1-39(43)29(42)26(35)13-21-17-40(11-4-10-36-21)28-23-18-45-32(9-7-22-24(32)5-2-6-25(22)33)15-27(23)37-30(38-28)44-19-31-8-3-12-41(31)16-20(34)14-31/h2,5-6,13,20,43H,3-4,7-12,14-19,35H2,1H3/t20?,31-,32-/m0/s1. The van der Waals surface area contributed by atoms with E-state index in [4.69, 9.17) is 36.8 Å². The van der Waals surface area contributed by atoms with Gasteiger partial charge < -0.3 is 20.1 Å². The minimum absolute atomic E-state index is 0.110. The number of aliphatic imine (C=N–C) groups is 1. The Balaban J connectivity index is 1.23. The Kier molecular flexibility index (Phi) is 7.95. The molecule has 0 radical (unpaired) electrons. The first kappa shape index (κ1) is 30.3. The number of hydrogen-bond donors (Lipinski definition) is 2. The smallest absolute Gasteiger partial charge is 0.318 e. The van der Waals surface area contributed by atoms with E-state index in [-0.39, 0.29) is 17.2 Å². The molecule has 5 aliphatic rings. The van der Waals surface area contributed by atoms with Gasteiger partial charge in [0.25, 0.3) is 5.91 Å². The van der Waals surface area contributed by atoms with Crippen molar-refractivity contribution in [1.82, 2.24) is 19.9 Å². The summed E-state index contributed by atoms with van der Waals surface area (Å²) in [6.45, 7) is 3.52. The number of hydrogen-bond acceptors (Lipinski definition) is 10. The predicted molar refractivity (Wildman–Crippen MR) is 166 cm³/mol. The van der Waals surface area contributed by atoms with Crippen molar-refractivity contribution < 1.29 is 23.9 Å². The summed E-state index contributed by atoms with van der Waals surface area (Å²) in [6.07, 6.45) is 5.96. The second kappa shape index (κ2) is 11.8. The average molecular weight is 640 g/mol. The van der Waals surface area contributed by atoms with Crippen LogP contribution in [0.4, 0.5) is 10.2 Å². The van der Waals surface area contributed by atoms with Crippen molar-refractivity contribution >= 4 is 29.0 Å². The number of likely N-dealkylation sites (N-methyl/N-ethyl adjacent to an activating group) is 1. The number of nitrogens with two attached hydrogens (primary N) is 1. The molecule has 0 bridgehead atoms. The molecular formula is C32H39ClFN7O4. The van der Waals surface area contributed by atoms with Gasteiger partial charge >= 0.3 is 6.01 Å². The number of halogens is 2. The number of benzene rings is 1. The second-order valence-electron chi connectivity index (χ2n) is 12.9. The average Bonchev–Trinajstić information content (AvgIpc) is 3.60. The molecule has 1 spiro atoms. The van der Waals surface area contributed by atoms with Crippen molar-refractivity contribution in [2.24, 2.45) is 10.7 Å². The van der Waals surface area contributed by atoms with Crippen molar-refractivity contribution in [1.29, 1.82) is 0 Å². The Morgan fingerprint density at radius 2 is 2.16 bits per heavy atom. The summed E-state index contributed by atoms with van der Waals surface area (Å²) < 4.78 is 27.6. The molecule has 2 aromatic rings. The van der Waals surface area contributed by atoms with Crippen LogP contribution in [-0.2, 0) is 34.6 Å². The third kappa shape index (κ3) is 5.55. The fourth-order valence-corrected chi connectivity index (χ4v) is 8.11. The molecule has 1 aromatic carbocycles. The van der Waals surface area contributed by atoms with Crippen LogP contribution >= 0.6 is 11.6 Å². The molecule has 5 heterocycles. The molecule has 3 N–H and O–H groups in total. The van der Waals surface area contributed by atoms with Gasteiger partial charge in [-0.05, 0) is 61.9 Å². The van der Waals surface area contributed by atoms with Gasteiger partial charge in [0.15, 0.2) is 0 Å². The highest BCUT2D eigenvalue weighted by atomic mass is 35.5. The normalized spacial score (nSPS) is 28.0. The maximum absolute atomic E-state index is 14.5. The van der Waals surface area contributed by atoms with E-state index in [0.29, 0.717) is 68.8 Å². The zero-order valence-corrected chi connectivity index (χ0v) is 26.2. The number of carbonyl (C=O) groups excluding carboxylic acids is 1. The molecule has 13 heteroatoms. The Bertz CT molecular complexity index is 1570. The minimum atomic E-state index is -0.854. The summed E-state index contributed by atoms with van der Waals surface area (Å²) in [6, 6.07) is 6.25. The third-order valence-corrected chi connectivity index (χ3v) is 10.4. The number of amides is 1. The van der Waals surface area contributed by atoms with Gasteiger partial charge in [-0.2, -0.15) is 9.97 Å². The third-order valence-electron chi connectivity index (χ3n) is 10.0. The largest absolute Gasteiger partial charge is 0.461 e. The fourth-order valence-electron chi connectivity index (χ4n) is 7.84. The quantitative estimate of drug-likeness (QED) is 0.278. The zero-order valence-electron chi connectivity index (χ0n) is 25.5. The first-order chi connectivity index (χ1) is 21.7. The van der Waals surface area contributed by atoms with Gasteiger partial charge in [0.2, 0.25) is 0 Å². The van der Waals surface area contributed by atoms with Crippen LogP contribution < -0.4 is 15.4 Å². The number of alkyl halides is 1. The van der Waals surface area contributed by atoms with Crippen LogP contribution in [0.1, 0.15) is 54.5 Å². The monoisotopic (exact) mass is 639 g/mol. The van der Waals surface area contributed by atoms with Crippen LogP contribution in [0.5, 0.6) is 6.01 Å². The Hall–Kier alpha value is -3.32. The van der Waals surface area contributed by atoms with Gasteiger partial charge in [0.05, 0.1) is 35.7 Å². The number of anilines is 1. The van der Waals surface area contributed by atoms with E-state index in [2.05, 4.69) is 20.9 Å². The summed E-state index contributed by atoms with van der Waals surface area (Å²) >= 11 is 6.58. The van der Waals surface area contributed by atoms with Gasteiger partial charge in [-0.1, -0.05) is 23.7 Å². The number of carbonyl (C=O) groups is 1. The molecule has 3 atom stereocenters. The lowest BCUT2D eigenvalue weighted by atomic mass is 9.87. The van der Waals surface area contributed by atoms with E-state index >= 15 is 0 Å². The molecule has 1 unspecified atom stereocenters. The van der Waals surface area contributed by atoms with Crippen molar-refractivity contribution in [2.45, 2.75) is 68.9 Å². The molecule has 7 rings (SSSR count). The highest BCUT2D eigenvalue weighted by Gasteiger charge is 2.50. The summed E-state index contributed by atoms with van der Waals surface area (Å²) in [7, 11) is 1.23. The van der Waals surface area contributed by atoms with E-state index in [1.54, 1.807) is 0 Å². The summed E-state index contributed by atoms with van der Waals surface area (Å²) in [5, 5.41) is 10.8.